The molecular formula is C70H130O6. The van der Waals surface area contributed by atoms with Crippen LogP contribution in [-0.2, 0) is 28.6 Å². The van der Waals surface area contributed by atoms with Crippen LogP contribution in [0.2, 0.25) is 0 Å². The lowest BCUT2D eigenvalue weighted by Gasteiger charge is -2.18. The smallest absolute Gasteiger partial charge is 0.306 e. The fourth-order valence-electron chi connectivity index (χ4n) is 10.2. The summed E-state index contributed by atoms with van der Waals surface area (Å²) in [6.07, 6.45) is 80.7. The van der Waals surface area contributed by atoms with Crippen molar-refractivity contribution in [1.82, 2.24) is 0 Å². The number of ether oxygens (including phenoxy) is 3. The molecule has 76 heavy (non-hydrogen) atoms. The van der Waals surface area contributed by atoms with Crippen molar-refractivity contribution in [2.24, 2.45) is 0 Å². The van der Waals surface area contributed by atoms with Gasteiger partial charge in [0.15, 0.2) is 6.10 Å². The Kier molecular flexibility index (Phi) is 63.1. The molecule has 0 bridgehead atoms. The normalized spacial score (nSPS) is 12.2. The van der Waals surface area contributed by atoms with E-state index in [2.05, 4.69) is 57.2 Å². The van der Waals surface area contributed by atoms with Gasteiger partial charge in [0.1, 0.15) is 13.2 Å². The molecule has 0 aliphatic carbocycles. The fraction of sp³-hybridized carbons (Fsp3) is 0.871. The number of carbonyl (C=O) groups excluding carboxylic acids is 3. The molecular weight excluding hydrogens is 937 g/mol. The molecule has 446 valence electrons. The van der Waals surface area contributed by atoms with E-state index in [0.717, 1.165) is 64.2 Å². The minimum absolute atomic E-state index is 0.0680. The largest absolute Gasteiger partial charge is 0.462 e. The van der Waals surface area contributed by atoms with Crippen molar-refractivity contribution in [1.29, 1.82) is 0 Å². The van der Waals surface area contributed by atoms with Crippen LogP contribution in [0.3, 0.4) is 0 Å². The van der Waals surface area contributed by atoms with Gasteiger partial charge in [-0.3, -0.25) is 14.4 Å². The second-order valence-corrected chi connectivity index (χ2v) is 23.1. The fourth-order valence-corrected chi connectivity index (χ4v) is 10.2. The first-order chi connectivity index (χ1) is 37.5. The third kappa shape index (κ3) is 62.5. The van der Waals surface area contributed by atoms with Crippen LogP contribution < -0.4 is 0 Å². The molecule has 0 aliphatic heterocycles. The third-order valence-electron chi connectivity index (χ3n) is 15.4. The zero-order valence-corrected chi connectivity index (χ0v) is 51.3. The van der Waals surface area contributed by atoms with Crippen LogP contribution in [-0.4, -0.2) is 37.2 Å². The first-order valence-electron chi connectivity index (χ1n) is 34.0. The molecule has 0 N–H and O–H groups in total. The quantitative estimate of drug-likeness (QED) is 0.0261. The highest BCUT2D eigenvalue weighted by Crippen LogP contribution is 2.18. The lowest BCUT2D eigenvalue weighted by Crippen LogP contribution is -2.30. The van der Waals surface area contributed by atoms with Crippen LogP contribution in [0.4, 0.5) is 0 Å². The zero-order chi connectivity index (χ0) is 55.0. The molecule has 0 saturated carbocycles. The Hall–Kier alpha value is -2.37. The Labute approximate surface area is 474 Å². The van der Waals surface area contributed by atoms with Crippen LogP contribution in [0.1, 0.15) is 374 Å². The summed E-state index contributed by atoms with van der Waals surface area (Å²) >= 11 is 0. The topological polar surface area (TPSA) is 78.9 Å². The molecule has 0 aromatic rings. The molecule has 0 rings (SSSR count). The first kappa shape index (κ1) is 73.6. The Morgan fingerprint density at radius 2 is 0.474 bits per heavy atom. The maximum atomic E-state index is 12.9. The van der Waals surface area contributed by atoms with E-state index in [1.54, 1.807) is 0 Å². The SMILES string of the molecule is CCCCCCC/C=C\C/C=C\CCCCCCCCCCCCCCCC(=O)OC(COC(=O)CCCCCCCC)COC(=O)CCCCCCCCCCCCCCCCC/C=C\CCCCCCCCCC. The van der Waals surface area contributed by atoms with Crippen LogP contribution in [0.5, 0.6) is 0 Å². The summed E-state index contributed by atoms with van der Waals surface area (Å²) in [7, 11) is 0. The molecule has 0 spiro atoms. The average Bonchev–Trinajstić information content (AvgIpc) is 3.42. The molecule has 0 aromatic carbocycles. The molecule has 0 aliphatic rings. The molecule has 0 saturated heterocycles. The second-order valence-electron chi connectivity index (χ2n) is 23.1. The maximum absolute atomic E-state index is 12.9. The molecule has 6 nitrogen and oxygen atoms in total. The molecule has 0 radical (unpaired) electrons. The van der Waals surface area contributed by atoms with Crippen molar-refractivity contribution in [2.75, 3.05) is 13.2 Å². The van der Waals surface area contributed by atoms with Crippen molar-refractivity contribution in [3.8, 4) is 0 Å². The van der Waals surface area contributed by atoms with Crippen molar-refractivity contribution < 1.29 is 28.6 Å². The average molecular weight is 1070 g/mol. The monoisotopic (exact) mass is 1070 g/mol. The van der Waals surface area contributed by atoms with E-state index in [-0.39, 0.29) is 31.1 Å². The minimum Gasteiger partial charge on any atom is -0.462 e. The molecule has 0 amide bonds. The lowest BCUT2D eigenvalue weighted by molar-refractivity contribution is -0.167. The molecule has 0 aromatic heterocycles. The van der Waals surface area contributed by atoms with Gasteiger partial charge in [-0.15, -0.1) is 0 Å². The van der Waals surface area contributed by atoms with Crippen LogP contribution in [0.15, 0.2) is 36.5 Å². The predicted octanol–water partition coefficient (Wildman–Crippen LogP) is 23.2. The summed E-state index contributed by atoms with van der Waals surface area (Å²) < 4.78 is 16.8. The van der Waals surface area contributed by atoms with Crippen LogP contribution >= 0.6 is 0 Å². The highest BCUT2D eigenvalue weighted by atomic mass is 16.6. The first-order valence-corrected chi connectivity index (χ1v) is 34.0. The van der Waals surface area contributed by atoms with E-state index >= 15 is 0 Å². The van der Waals surface area contributed by atoms with Crippen molar-refractivity contribution in [3.63, 3.8) is 0 Å². The number of hydrogen-bond acceptors (Lipinski definition) is 6. The highest BCUT2D eigenvalue weighted by Gasteiger charge is 2.19. The second kappa shape index (κ2) is 65.2. The zero-order valence-electron chi connectivity index (χ0n) is 51.3. The summed E-state index contributed by atoms with van der Waals surface area (Å²) in [5, 5.41) is 0. The number of hydrogen-bond donors (Lipinski definition) is 0. The number of unbranched alkanes of at least 4 members (excludes halogenated alkanes) is 46. The summed E-state index contributed by atoms with van der Waals surface area (Å²) in [6, 6.07) is 0. The number of rotatable bonds is 63. The standard InChI is InChI=1S/C70H130O6/c1-4-7-10-13-16-18-20-22-24-26-28-30-32-34-35-37-38-40-42-44-46-48-50-52-54-57-60-63-69(72)75-66-67(65-74-68(71)62-59-56-15-12-9-6-3)76-70(73)64-61-58-55-53-51-49-47-45-43-41-39-36-33-31-29-27-25-23-21-19-17-14-11-8-5-2/h21,23,26-29,67H,4-20,22,24-25,30-66H2,1-3H3/b23-21-,28-26-,29-27-. The van der Waals surface area contributed by atoms with E-state index < -0.39 is 6.10 Å². The molecule has 1 unspecified atom stereocenters. The number of allylic oxidation sites excluding steroid dienone is 6. The van der Waals surface area contributed by atoms with E-state index in [1.165, 1.54) is 270 Å². The number of esters is 3. The summed E-state index contributed by atoms with van der Waals surface area (Å²) in [6.45, 7) is 6.63. The lowest BCUT2D eigenvalue weighted by atomic mass is 10.0. The van der Waals surface area contributed by atoms with Gasteiger partial charge in [0.05, 0.1) is 0 Å². The maximum Gasteiger partial charge on any atom is 0.306 e. The Balaban J connectivity index is 4.01. The minimum atomic E-state index is -0.768. The summed E-state index contributed by atoms with van der Waals surface area (Å²) in [5.74, 6) is -0.856. The Bertz CT molecular complexity index is 1270. The third-order valence-corrected chi connectivity index (χ3v) is 15.4. The molecule has 0 fully saturated rings. The van der Waals surface area contributed by atoms with E-state index in [4.69, 9.17) is 14.2 Å². The van der Waals surface area contributed by atoms with Crippen LogP contribution in [0, 0.1) is 0 Å². The summed E-state index contributed by atoms with van der Waals surface area (Å²) in [5.41, 5.74) is 0. The molecule has 6 heteroatoms. The van der Waals surface area contributed by atoms with Gasteiger partial charge in [-0.25, -0.2) is 0 Å². The number of carbonyl (C=O) groups is 3. The molecule has 0 heterocycles. The Morgan fingerprint density at radius 1 is 0.263 bits per heavy atom. The van der Waals surface area contributed by atoms with Gasteiger partial charge in [-0.1, -0.05) is 314 Å². The van der Waals surface area contributed by atoms with Gasteiger partial charge in [0, 0.05) is 19.3 Å². The van der Waals surface area contributed by atoms with Gasteiger partial charge >= 0.3 is 17.9 Å². The summed E-state index contributed by atoms with van der Waals surface area (Å²) in [4.78, 5) is 38.1. The Morgan fingerprint density at radius 3 is 0.737 bits per heavy atom. The van der Waals surface area contributed by atoms with Crippen LogP contribution in [0.25, 0.3) is 0 Å². The van der Waals surface area contributed by atoms with Crippen molar-refractivity contribution >= 4 is 17.9 Å². The van der Waals surface area contributed by atoms with Gasteiger partial charge < -0.3 is 14.2 Å². The van der Waals surface area contributed by atoms with Crippen molar-refractivity contribution in [2.45, 2.75) is 380 Å². The van der Waals surface area contributed by atoms with Gasteiger partial charge in [0.25, 0.3) is 0 Å². The predicted molar refractivity (Wildman–Crippen MR) is 330 cm³/mol. The van der Waals surface area contributed by atoms with E-state index in [9.17, 15) is 14.4 Å². The van der Waals surface area contributed by atoms with Crippen molar-refractivity contribution in [3.05, 3.63) is 36.5 Å². The van der Waals surface area contributed by atoms with Gasteiger partial charge in [-0.05, 0) is 77.0 Å². The highest BCUT2D eigenvalue weighted by molar-refractivity contribution is 5.71. The van der Waals surface area contributed by atoms with Gasteiger partial charge in [0.2, 0.25) is 0 Å². The molecule has 1 atom stereocenters. The van der Waals surface area contributed by atoms with Gasteiger partial charge in [-0.2, -0.15) is 0 Å². The van der Waals surface area contributed by atoms with E-state index in [1.807, 2.05) is 0 Å². The van der Waals surface area contributed by atoms with E-state index in [0.29, 0.717) is 19.3 Å².